The van der Waals surface area contributed by atoms with Gasteiger partial charge in [-0.15, -0.1) is 0 Å². The average molecular weight is 403 g/mol. The summed E-state index contributed by atoms with van der Waals surface area (Å²) in [7, 11) is 0. The molecule has 1 spiro atoms. The lowest BCUT2D eigenvalue weighted by Crippen LogP contribution is -2.28. The molecule has 4 aliphatic rings. The third-order valence-corrected chi connectivity index (χ3v) is 6.85. The molecule has 1 unspecified atom stereocenters. The first kappa shape index (κ1) is 19.8. The molecular formula is C31H30. The van der Waals surface area contributed by atoms with E-state index in [0.29, 0.717) is 0 Å². The van der Waals surface area contributed by atoms with Crippen LogP contribution in [0.3, 0.4) is 0 Å². The molecule has 0 aromatic heterocycles. The van der Waals surface area contributed by atoms with Gasteiger partial charge in [0.1, 0.15) is 0 Å². The molecule has 0 heteroatoms. The van der Waals surface area contributed by atoms with Gasteiger partial charge in [-0.25, -0.2) is 0 Å². The Bertz CT molecular complexity index is 1220. The lowest BCUT2D eigenvalue weighted by Gasteiger charge is -2.34. The third-order valence-electron chi connectivity index (χ3n) is 6.85. The van der Waals surface area contributed by atoms with Gasteiger partial charge in [-0.3, -0.25) is 0 Å². The van der Waals surface area contributed by atoms with Gasteiger partial charge in [-0.2, -0.15) is 0 Å². The van der Waals surface area contributed by atoms with Gasteiger partial charge in [0.2, 0.25) is 0 Å². The van der Waals surface area contributed by atoms with Crippen LogP contribution in [-0.4, -0.2) is 0 Å². The van der Waals surface area contributed by atoms with Gasteiger partial charge in [0.05, 0.1) is 5.41 Å². The van der Waals surface area contributed by atoms with Gasteiger partial charge in [0, 0.05) is 0 Å². The Morgan fingerprint density at radius 2 is 1.39 bits per heavy atom. The molecule has 0 radical (unpaired) electrons. The highest BCUT2D eigenvalue weighted by Crippen LogP contribution is 2.62. The van der Waals surface area contributed by atoms with Crippen LogP contribution in [0.15, 0.2) is 102 Å². The van der Waals surface area contributed by atoms with E-state index in [1.807, 2.05) is 13.8 Å². The minimum absolute atomic E-state index is 0.181. The largest absolute Gasteiger partial charge is 0.0844 e. The summed E-state index contributed by atoms with van der Waals surface area (Å²) in [4.78, 5) is 0. The Kier molecular flexibility index (Phi) is 5.02. The van der Waals surface area contributed by atoms with Crippen molar-refractivity contribution in [3.63, 3.8) is 0 Å². The molecule has 0 aliphatic heterocycles. The molecule has 0 N–H and O–H groups in total. The van der Waals surface area contributed by atoms with Crippen LogP contribution in [0.2, 0.25) is 0 Å². The van der Waals surface area contributed by atoms with Crippen LogP contribution in [-0.2, 0) is 5.41 Å². The van der Waals surface area contributed by atoms with Crippen LogP contribution in [0.25, 0.3) is 11.1 Å². The summed E-state index contributed by atoms with van der Waals surface area (Å²) in [5.74, 6) is 0. The molecule has 2 aromatic rings. The van der Waals surface area contributed by atoms with Crippen molar-refractivity contribution in [2.45, 2.75) is 45.4 Å². The number of rotatable bonds is 0. The number of hydrogen-bond donors (Lipinski definition) is 0. The van der Waals surface area contributed by atoms with E-state index < -0.39 is 0 Å². The quantitative estimate of drug-likeness (QED) is 0.389. The zero-order valence-electron chi connectivity index (χ0n) is 18.8. The van der Waals surface area contributed by atoms with E-state index in [1.54, 1.807) is 0 Å². The van der Waals surface area contributed by atoms with Crippen molar-refractivity contribution in [2.24, 2.45) is 0 Å². The Balaban J connectivity index is 0.000000994. The Labute approximate surface area is 186 Å². The highest BCUT2D eigenvalue weighted by atomic mass is 14.5. The lowest BCUT2D eigenvalue weighted by molar-refractivity contribution is 0.738. The van der Waals surface area contributed by atoms with Crippen LogP contribution in [0.5, 0.6) is 0 Å². The van der Waals surface area contributed by atoms with Gasteiger partial charge in [-0.1, -0.05) is 110 Å². The summed E-state index contributed by atoms with van der Waals surface area (Å²) < 4.78 is 0. The Hall–Kier alpha value is -3.12. The number of allylic oxidation sites excluding steroid dienone is 12. The van der Waals surface area contributed by atoms with Crippen molar-refractivity contribution in [3.8, 4) is 0 Å². The van der Waals surface area contributed by atoms with Gasteiger partial charge >= 0.3 is 0 Å². The maximum absolute atomic E-state index is 2.44. The molecule has 6 rings (SSSR count). The van der Waals surface area contributed by atoms with Crippen LogP contribution in [0.1, 0.15) is 60.9 Å². The van der Waals surface area contributed by atoms with E-state index in [2.05, 4.69) is 98.0 Å². The average Bonchev–Trinajstić information content (AvgIpc) is 3.04. The normalized spacial score (nSPS) is 23.3. The number of fused-ring (bicyclic) bond motifs is 8. The summed E-state index contributed by atoms with van der Waals surface area (Å²) in [5, 5.41) is 0. The molecular weight excluding hydrogens is 372 g/mol. The topological polar surface area (TPSA) is 0 Å². The lowest BCUT2D eigenvalue weighted by atomic mass is 9.67. The van der Waals surface area contributed by atoms with Crippen molar-refractivity contribution in [2.75, 3.05) is 0 Å². The summed E-state index contributed by atoms with van der Waals surface area (Å²) in [6.07, 6.45) is 21.8. The first-order valence-electron chi connectivity index (χ1n) is 11.7. The fraction of sp³-hybridized carbons (Fsp3) is 0.226. The van der Waals surface area contributed by atoms with Gasteiger partial charge in [-0.05, 0) is 70.7 Å². The Morgan fingerprint density at radius 3 is 2.26 bits per heavy atom. The van der Waals surface area contributed by atoms with Crippen molar-refractivity contribution in [3.05, 3.63) is 130 Å². The van der Waals surface area contributed by atoms with Gasteiger partial charge < -0.3 is 0 Å². The Morgan fingerprint density at radius 1 is 0.677 bits per heavy atom. The van der Waals surface area contributed by atoms with E-state index in [9.17, 15) is 0 Å². The summed E-state index contributed by atoms with van der Waals surface area (Å²) >= 11 is 0. The number of aryl methyl sites for hydroxylation is 1. The predicted octanol–water partition coefficient (Wildman–Crippen LogP) is 8.26. The molecule has 0 fully saturated rings. The number of benzene rings is 2. The minimum Gasteiger partial charge on any atom is -0.0844 e. The molecule has 0 saturated carbocycles. The van der Waals surface area contributed by atoms with Crippen molar-refractivity contribution in [1.82, 2.24) is 0 Å². The number of hydrogen-bond acceptors (Lipinski definition) is 0. The molecule has 0 amide bonds. The molecule has 31 heavy (non-hydrogen) atoms. The SMILES string of the molecule is CC.Cc1ccc2c(c1)C1(C3=C2C=CCC=C3)C2=C(C=CC/C=C\C2)c2ccccc21. The highest BCUT2D eigenvalue weighted by Gasteiger charge is 2.52. The molecule has 0 bridgehead atoms. The second kappa shape index (κ2) is 7.85. The first-order chi connectivity index (χ1) is 15.3. The molecule has 0 nitrogen and oxygen atoms in total. The standard InChI is InChI=1S/C29H24.C2H6/c1-20-17-18-24-23-12-6-4-8-15-26(23)29(28(24)19-20)25-14-7-3-2-5-11-21(25)22-13-9-10-16-27(22)29;1-2/h3,5-13,15-19H,2,4,14H2,1H3;1-2H3/b7-3-,11-5?;. The maximum atomic E-state index is 2.44. The first-order valence-corrected chi connectivity index (χ1v) is 11.7. The van der Waals surface area contributed by atoms with Crippen LogP contribution in [0, 0.1) is 6.92 Å². The fourth-order valence-corrected chi connectivity index (χ4v) is 5.74. The second-order valence-corrected chi connectivity index (χ2v) is 8.42. The summed E-state index contributed by atoms with van der Waals surface area (Å²) in [5.41, 5.74) is 12.6. The van der Waals surface area contributed by atoms with Gasteiger partial charge in [0.25, 0.3) is 0 Å². The van der Waals surface area contributed by atoms with Crippen molar-refractivity contribution in [1.29, 1.82) is 0 Å². The van der Waals surface area contributed by atoms with E-state index in [4.69, 9.17) is 0 Å². The molecule has 0 heterocycles. The zero-order chi connectivity index (χ0) is 21.4. The van der Waals surface area contributed by atoms with E-state index >= 15 is 0 Å². The zero-order valence-corrected chi connectivity index (χ0v) is 18.8. The van der Waals surface area contributed by atoms with Crippen molar-refractivity contribution < 1.29 is 0 Å². The van der Waals surface area contributed by atoms with E-state index in [-0.39, 0.29) is 5.41 Å². The fourth-order valence-electron chi connectivity index (χ4n) is 5.74. The molecule has 154 valence electrons. The third kappa shape index (κ3) is 2.74. The molecule has 0 saturated heterocycles. The van der Waals surface area contributed by atoms with Crippen molar-refractivity contribution >= 4 is 11.1 Å². The van der Waals surface area contributed by atoms with Crippen LogP contribution in [0.4, 0.5) is 0 Å². The highest BCUT2D eigenvalue weighted by molar-refractivity contribution is 5.99. The van der Waals surface area contributed by atoms with Crippen LogP contribution < -0.4 is 0 Å². The molecule has 2 aromatic carbocycles. The second-order valence-electron chi connectivity index (χ2n) is 8.42. The predicted molar refractivity (Wildman–Crippen MR) is 134 cm³/mol. The van der Waals surface area contributed by atoms with E-state index in [1.165, 1.54) is 50.1 Å². The monoisotopic (exact) mass is 402 g/mol. The summed E-state index contributed by atoms with van der Waals surface area (Å²) in [6, 6.07) is 16.1. The molecule has 4 aliphatic carbocycles. The summed E-state index contributed by atoms with van der Waals surface area (Å²) in [6.45, 7) is 6.22. The van der Waals surface area contributed by atoms with E-state index in [0.717, 1.165) is 19.3 Å². The van der Waals surface area contributed by atoms with Gasteiger partial charge in [0.15, 0.2) is 0 Å². The minimum atomic E-state index is -0.181. The van der Waals surface area contributed by atoms with Crippen LogP contribution >= 0.6 is 0 Å². The molecule has 1 atom stereocenters. The maximum Gasteiger partial charge on any atom is 0.0691 e. The smallest absolute Gasteiger partial charge is 0.0691 e.